The average Bonchev–Trinajstić information content (AvgIpc) is 3.78. The first kappa shape index (κ1) is 34.6. The number of likely N-dealkylation sites (tertiary alicyclic amines) is 1. The van der Waals surface area contributed by atoms with Gasteiger partial charge in [-0.25, -0.2) is 18.0 Å². The number of likely N-dealkylation sites (N-methyl/N-ethyl adjacent to an activating group) is 1. The van der Waals surface area contributed by atoms with Crippen molar-refractivity contribution in [3.63, 3.8) is 0 Å². The van der Waals surface area contributed by atoms with E-state index in [9.17, 15) is 13.6 Å². The maximum atomic E-state index is 17.0. The predicted octanol–water partition coefficient (Wildman–Crippen LogP) is 7.41. The lowest BCUT2D eigenvalue weighted by atomic mass is 9.94. The monoisotopic (exact) mass is 698 g/mol. The molecule has 3 aliphatic heterocycles. The molecule has 0 spiro atoms. The number of amides is 1. The largest absolute Gasteiger partial charge is 0.461 e. The summed E-state index contributed by atoms with van der Waals surface area (Å²) in [6.45, 7) is 9.45. The van der Waals surface area contributed by atoms with Crippen LogP contribution in [0.15, 0.2) is 48.4 Å². The first-order chi connectivity index (χ1) is 24.3. The second-order valence-electron chi connectivity index (χ2n) is 14.8. The van der Waals surface area contributed by atoms with E-state index in [1.807, 2.05) is 39.6 Å². The van der Waals surface area contributed by atoms with Crippen molar-refractivity contribution in [3.05, 3.63) is 65.6 Å². The van der Waals surface area contributed by atoms with Crippen LogP contribution in [0.4, 0.5) is 23.8 Å². The van der Waals surface area contributed by atoms with Gasteiger partial charge in [-0.05, 0) is 76.9 Å². The highest BCUT2D eigenvalue weighted by Gasteiger charge is 2.47. The summed E-state index contributed by atoms with van der Waals surface area (Å²) in [6.07, 6.45) is 10.4. The summed E-state index contributed by atoms with van der Waals surface area (Å²) >= 11 is 0. The summed E-state index contributed by atoms with van der Waals surface area (Å²) in [5.41, 5.74) is -0.0902. The summed E-state index contributed by atoms with van der Waals surface area (Å²) in [4.78, 5) is 32.9. The zero-order valence-corrected chi connectivity index (χ0v) is 29.5. The van der Waals surface area contributed by atoms with Crippen molar-refractivity contribution >= 4 is 33.6 Å². The molecule has 12 heteroatoms. The fraction of sp³-hybridized carbons (Fsp3) is 0.436. The van der Waals surface area contributed by atoms with Crippen LogP contribution in [0.3, 0.4) is 0 Å². The normalized spacial score (nSPS) is 22.9. The van der Waals surface area contributed by atoms with Gasteiger partial charge in [0.25, 0.3) is 0 Å². The average molecular weight is 699 g/mol. The van der Waals surface area contributed by atoms with Gasteiger partial charge in [0.05, 0.1) is 34.9 Å². The standard InChI is InChI=1S/C39H41F3N6O3/c1-7-26-29(41)13-12-25-10-8-11-27(31(25)26)33-32(42)34-28(20-43-33)35(46(6)30-14-17-48(23(30)2)37(49)51-38(3,4)5)45-36(44-34)50-22-39-15-9-16-47(39)21-24(18-39)19-40/h1,8,10-13,19-20,23,30H,9,14-18,21-22H2,2-6H3/b24-19-/t23-,30-,39?/m1/s1. The maximum Gasteiger partial charge on any atom is 0.410 e. The Morgan fingerprint density at radius 1 is 1.20 bits per heavy atom. The van der Waals surface area contributed by atoms with Crippen LogP contribution in [0.25, 0.3) is 32.9 Å². The zero-order valence-electron chi connectivity index (χ0n) is 29.5. The van der Waals surface area contributed by atoms with Crippen LogP contribution < -0.4 is 9.64 Å². The molecule has 51 heavy (non-hydrogen) atoms. The van der Waals surface area contributed by atoms with Crippen molar-refractivity contribution in [3.8, 4) is 29.6 Å². The fourth-order valence-corrected chi connectivity index (χ4v) is 8.06. The maximum absolute atomic E-state index is 17.0. The number of nitrogens with zero attached hydrogens (tertiary/aromatic N) is 6. The van der Waals surface area contributed by atoms with Gasteiger partial charge in [-0.2, -0.15) is 9.97 Å². The van der Waals surface area contributed by atoms with Crippen molar-refractivity contribution in [2.45, 2.75) is 76.6 Å². The molecule has 9 nitrogen and oxygen atoms in total. The molecule has 5 heterocycles. The van der Waals surface area contributed by atoms with Crippen LogP contribution in [0, 0.1) is 24.0 Å². The first-order valence-electron chi connectivity index (χ1n) is 17.3. The topological polar surface area (TPSA) is 83.9 Å². The molecule has 3 atom stereocenters. The molecular weight excluding hydrogens is 657 g/mol. The molecule has 2 aromatic carbocycles. The lowest BCUT2D eigenvalue weighted by Crippen LogP contribution is -2.45. The van der Waals surface area contributed by atoms with Crippen molar-refractivity contribution in [1.82, 2.24) is 24.8 Å². The quantitative estimate of drug-likeness (QED) is 0.193. The molecule has 0 bridgehead atoms. The minimum atomic E-state index is -0.742. The molecule has 0 aliphatic carbocycles. The molecule has 0 saturated carbocycles. The molecule has 0 radical (unpaired) electrons. The first-order valence-corrected chi connectivity index (χ1v) is 17.3. The smallest absolute Gasteiger partial charge is 0.410 e. The SMILES string of the molecule is C#Cc1c(F)ccc2cccc(-c3ncc4c(N(C)[C@@H]5CCN(C(=O)OC(C)(C)C)[C@@H]5C)nc(OCC56CCCN5C/C(=C\F)C6)nc4c3F)c12. The summed E-state index contributed by atoms with van der Waals surface area (Å²) in [7, 11) is 1.84. The lowest BCUT2D eigenvalue weighted by molar-refractivity contribution is 0.0233. The minimum absolute atomic E-state index is 0.0138. The Morgan fingerprint density at radius 2 is 2.00 bits per heavy atom. The van der Waals surface area contributed by atoms with E-state index >= 15 is 4.39 Å². The Balaban J connectivity index is 1.32. The van der Waals surface area contributed by atoms with Gasteiger partial charge in [-0.15, -0.1) is 6.42 Å². The molecule has 4 aromatic rings. The number of anilines is 1. The van der Waals surface area contributed by atoms with Crippen LogP contribution in [0.1, 0.15) is 58.9 Å². The highest BCUT2D eigenvalue weighted by Crippen LogP contribution is 2.42. The number of hydrogen-bond acceptors (Lipinski definition) is 8. The number of aromatic nitrogens is 3. The van der Waals surface area contributed by atoms with Gasteiger partial charge < -0.3 is 19.3 Å². The molecule has 2 aromatic heterocycles. The van der Waals surface area contributed by atoms with E-state index < -0.39 is 28.9 Å². The van der Waals surface area contributed by atoms with Crippen molar-refractivity contribution in [2.75, 3.05) is 38.2 Å². The minimum Gasteiger partial charge on any atom is -0.461 e. The second kappa shape index (κ2) is 13.0. The molecule has 1 amide bonds. The summed E-state index contributed by atoms with van der Waals surface area (Å²) < 4.78 is 57.5. The summed E-state index contributed by atoms with van der Waals surface area (Å²) in [5.74, 6) is 1.46. The van der Waals surface area contributed by atoms with Gasteiger partial charge in [0.2, 0.25) is 0 Å². The lowest BCUT2D eigenvalue weighted by Gasteiger charge is -2.33. The van der Waals surface area contributed by atoms with E-state index in [0.717, 1.165) is 19.4 Å². The van der Waals surface area contributed by atoms with Crippen LogP contribution in [-0.2, 0) is 4.74 Å². The van der Waals surface area contributed by atoms with Crippen molar-refractivity contribution in [1.29, 1.82) is 0 Å². The van der Waals surface area contributed by atoms with E-state index in [1.54, 1.807) is 29.2 Å². The van der Waals surface area contributed by atoms with E-state index in [-0.39, 0.29) is 41.5 Å². The molecule has 1 unspecified atom stereocenters. The predicted molar refractivity (Wildman–Crippen MR) is 190 cm³/mol. The van der Waals surface area contributed by atoms with Crippen LogP contribution in [0.5, 0.6) is 6.01 Å². The zero-order chi connectivity index (χ0) is 36.2. The third kappa shape index (κ3) is 6.11. The van der Waals surface area contributed by atoms with Crippen LogP contribution in [-0.4, -0.2) is 87.4 Å². The second-order valence-corrected chi connectivity index (χ2v) is 14.8. The van der Waals surface area contributed by atoms with Crippen molar-refractivity contribution < 1.29 is 27.4 Å². The Hall–Kier alpha value is -4.89. The van der Waals surface area contributed by atoms with E-state index in [1.165, 1.54) is 12.3 Å². The van der Waals surface area contributed by atoms with Gasteiger partial charge in [-0.3, -0.25) is 9.88 Å². The number of carbonyl (C=O) groups is 1. The number of fused-ring (bicyclic) bond motifs is 3. The highest BCUT2D eigenvalue weighted by atomic mass is 19.1. The number of ether oxygens (including phenoxy) is 2. The summed E-state index contributed by atoms with van der Waals surface area (Å²) in [6, 6.07) is 7.54. The van der Waals surface area contributed by atoms with E-state index in [4.69, 9.17) is 20.9 Å². The molecule has 0 N–H and O–H groups in total. The molecule has 7 rings (SSSR count). The molecule has 3 saturated heterocycles. The van der Waals surface area contributed by atoms with Gasteiger partial charge in [0.1, 0.15) is 35.1 Å². The number of rotatable bonds is 6. The van der Waals surface area contributed by atoms with Crippen LogP contribution >= 0.6 is 0 Å². The molecular formula is C39H41F3N6O3. The van der Waals surface area contributed by atoms with E-state index in [2.05, 4.69) is 20.8 Å². The Kier molecular flexibility index (Phi) is 8.82. The van der Waals surface area contributed by atoms with E-state index in [0.29, 0.717) is 65.4 Å². The number of benzene rings is 2. The summed E-state index contributed by atoms with van der Waals surface area (Å²) in [5, 5.41) is 1.34. The number of hydrogen-bond donors (Lipinski definition) is 0. The highest BCUT2D eigenvalue weighted by molar-refractivity contribution is 6.02. The van der Waals surface area contributed by atoms with Crippen LogP contribution in [0.2, 0.25) is 0 Å². The Bertz CT molecular complexity index is 2110. The number of terminal acetylenes is 1. The molecule has 3 fully saturated rings. The third-order valence-corrected chi connectivity index (χ3v) is 10.5. The Morgan fingerprint density at radius 3 is 2.75 bits per heavy atom. The fourth-order valence-electron chi connectivity index (χ4n) is 8.06. The molecule has 3 aliphatic rings. The van der Waals surface area contributed by atoms with Gasteiger partial charge in [0, 0.05) is 37.3 Å². The third-order valence-electron chi connectivity index (χ3n) is 10.5. The van der Waals surface area contributed by atoms with Gasteiger partial charge >= 0.3 is 12.1 Å². The Labute approximate surface area is 295 Å². The number of pyridine rings is 1. The molecule has 266 valence electrons. The van der Waals surface area contributed by atoms with Crippen molar-refractivity contribution in [2.24, 2.45) is 0 Å². The number of carbonyl (C=O) groups excluding carboxylic acids is 1. The van der Waals surface area contributed by atoms with Gasteiger partial charge in [0.15, 0.2) is 5.82 Å². The number of halogens is 3. The van der Waals surface area contributed by atoms with Gasteiger partial charge in [-0.1, -0.05) is 30.2 Å².